The quantitative estimate of drug-likeness (QED) is 0.177. The molecule has 56 heavy (non-hydrogen) atoms. The minimum absolute atomic E-state index is 0.488. The van der Waals surface area contributed by atoms with Crippen molar-refractivity contribution < 1.29 is 0 Å². The van der Waals surface area contributed by atoms with E-state index in [1.165, 1.54) is 21.5 Å². The van der Waals surface area contributed by atoms with Crippen LogP contribution in [0.25, 0.3) is 88.2 Å². The van der Waals surface area contributed by atoms with Crippen LogP contribution in [-0.4, -0.2) is 28.7 Å². The number of aromatic nitrogens is 6. The van der Waals surface area contributed by atoms with Crippen molar-refractivity contribution >= 4 is 65.4 Å². The molecule has 0 saturated heterocycles. The zero-order valence-corrected chi connectivity index (χ0v) is 30.8. The molecule has 0 radical (unpaired) electrons. The van der Waals surface area contributed by atoms with E-state index in [-0.39, 0.29) is 0 Å². The highest BCUT2D eigenvalue weighted by Gasteiger charge is 2.20. The molecule has 7 nitrogen and oxygen atoms in total. The highest BCUT2D eigenvalue weighted by Crippen LogP contribution is 2.39. The van der Waals surface area contributed by atoms with Gasteiger partial charge in [0.1, 0.15) is 11.6 Å². The molecule has 11 aromatic rings. The third kappa shape index (κ3) is 4.79. The smallest absolute Gasteiger partial charge is 0.163 e. The lowest BCUT2D eigenvalue weighted by Crippen LogP contribution is -2.06. The fraction of sp³-hybridized carbons (Fsp3) is 0.0612. The van der Waals surface area contributed by atoms with Crippen molar-refractivity contribution in [2.45, 2.75) is 20.4 Å². The van der Waals surface area contributed by atoms with E-state index in [0.29, 0.717) is 29.6 Å². The van der Waals surface area contributed by atoms with E-state index in [1.54, 1.807) is 0 Å². The number of nitriles is 1. The maximum atomic E-state index is 10.1. The molecule has 0 aliphatic heterocycles. The zero-order chi connectivity index (χ0) is 37.5. The summed E-state index contributed by atoms with van der Waals surface area (Å²) in [7, 11) is 0. The van der Waals surface area contributed by atoms with Gasteiger partial charge in [-0.05, 0) is 86.1 Å². The summed E-state index contributed by atoms with van der Waals surface area (Å²) in [5.74, 6) is 1.92. The third-order valence-electron chi connectivity index (χ3n) is 11.2. The zero-order valence-electron chi connectivity index (χ0n) is 30.8. The van der Waals surface area contributed by atoms with Gasteiger partial charge in [-0.25, -0.2) is 15.0 Å². The molecule has 0 saturated carbocycles. The van der Waals surface area contributed by atoms with Crippen molar-refractivity contribution in [3.63, 3.8) is 0 Å². The van der Waals surface area contributed by atoms with E-state index in [9.17, 15) is 5.26 Å². The highest BCUT2D eigenvalue weighted by molar-refractivity contribution is 6.13. The normalized spacial score (nSPS) is 11.8. The lowest BCUT2D eigenvalue weighted by Gasteiger charge is -2.15. The van der Waals surface area contributed by atoms with Crippen molar-refractivity contribution in [3.05, 3.63) is 174 Å². The third-order valence-corrected chi connectivity index (χ3v) is 11.2. The average molecular weight is 720 g/mol. The predicted molar refractivity (Wildman–Crippen MR) is 227 cm³/mol. The largest absolute Gasteiger partial charge is 0.336 e. The van der Waals surface area contributed by atoms with Crippen molar-refractivity contribution in [1.82, 2.24) is 28.7 Å². The van der Waals surface area contributed by atoms with Gasteiger partial charge in [-0.3, -0.25) is 0 Å². The second-order valence-corrected chi connectivity index (χ2v) is 14.5. The van der Waals surface area contributed by atoms with Crippen LogP contribution in [0.2, 0.25) is 0 Å². The summed E-state index contributed by atoms with van der Waals surface area (Å²) < 4.78 is 7.14. The van der Waals surface area contributed by atoms with Crippen LogP contribution in [-0.2, 0) is 6.54 Å². The molecule has 0 aliphatic rings. The monoisotopic (exact) mass is 719 g/mol. The molecule has 0 unspecified atom stereocenters. The second-order valence-electron chi connectivity index (χ2n) is 14.5. The highest BCUT2D eigenvalue weighted by atomic mass is 15.0. The number of benzene rings is 7. The topological polar surface area (TPSA) is 77.2 Å². The Bertz CT molecular complexity index is 3150. The Labute approximate surface area is 322 Å². The molecule has 0 spiro atoms. The van der Waals surface area contributed by atoms with Gasteiger partial charge in [-0.1, -0.05) is 84.9 Å². The summed E-state index contributed by atoms with van der Waals surface area (Å²) in [6.07, 6.45) is 0. The Morgan fingerprint density at radius 3 is 1.34 bits per heavy atom. The van der Waals surface area contributed by atoms with Gasteiger partial charge < -0.3 is 13.7 Å². The van der Waals surface area contributed by atoms with Crippen LogP contribution in [0.15, 0.2) is 152 Å². The molecule has 0 amide bonds. The molecule has 7 aromatic carbocycles. The first-order valence-corrected chi connectivity index (χ1v) is 18.8. The van der Waals surface area contributed by atoms with E-state index in [2.05, 4.69) is 158 Å². The molecule has 0 atom stereocenters. The molecule has 0 bridgehead atoms. The molecule has 0 N–H and O–H groups in total. The molecule has 4 heterocycles. The molecule has 7 heteroatoms. The number of nitrogens with zero attached hydrogens (tertiary/aromatic N) is 7. The summed E-state index contributed by atoms with van der Waals surface area (Å²) in [4.78, 5) is 14.0. The van der Waals surface area contributed by atoms with Crippen LogP contribution in [0.5, 0.6) is 0 Å². The Hall–Kier alpha value is -7.56. The Kier molecular flexibility index (Phi) is 6.97. The number of hydrogen-bond acceptors (Lipinski definition) is 4. The van der Waals surface area contributed by atoms with E-state index in [0.717, 1.165) is 66.4 Å². The standard InChI is InChI=1S/C49H33N7/c1-30-51-31(2)53-49(52-30)36-22-19-32(28-50)25-33(36)29-54-47-26-34(55-43-15-7-3-11-37(43)38-12-4-8-16-44(38)55)20-23-41(47)42-24-21-35(27-48(42)54)56-45-17-9-5-13-39(45)40-14-6-10-18-46(40)56/h3-27H,29H2,1-2H3. The molecular weight excluding hydrogens is 687 g/mol. The van der Waals surface area contributed by atoms with E-state index < -0.39 is 0 Å². The summed E-state index contributed by atoms with van der Waals surface area (Å²) in [6.45, 7) is 4.27. The summed E-state index contributed by atoms with van der Waals surface area (Å²) in [5.41, 5.74) is 11.4. The molecule has 0 aliphatic carbocycles. The predicted octanol–water partition coefficient (Wildman–Crippen LogP) is 11.4. The van der Waals surface area contributed by atoms with E-state index in [4.69, 9.17) is 9.97 Å². The van der Waals surface area contributed by atoms with Crippen molar-refractivity contribution in [1.29, 1.82) is 5.26 Å². The van der Waals surface area contributed by atoms with Crippen molar-refractivity contribution in [2.24, 2.45) is 0 Å². The van der Waals surface area contributed by atoms with Crippen LogP contribution < -0.4 is 0 Å². The summed E-state index contributed by atoms with van der Waals surface area (Å²) in [6, 6.07) is 56.3. The molecule has 0 fully saturated rings. The maximum absolute atomic E-state index is 10.1. The van der Waals surface area contributed by atoms with Crippen molar-refractivity contribution in [3.8, 4) is 28.8 Å². The van der Waals surface area contributed by atoms with Gasteiger partial charge in [0, 0.05) is 55.8 Å². The van der Waals surface area contributed by atoms with Gasteiger partial charge >= 0.3 is 0 Å². The molecule has 4 aromatic heterocycles. The number of hydrogen-bond donors (Lipinski definition) is 0. The van der Waals surface area contributed by atoms with Gasteiger partial charge in [0.15, 0.2) is 5.82 Å². The Morgan fingerprint density at radius 1 is 0.464 bits per heavy atom. The van der Waals surface area contributed by atoms with Gasteiger partial charge in [-0.15, -0.1) is 0 Å². The first-order chi connectivity index (χ1) is 27.5. The molecule has 11 rings (SSSR count). The summed E-state index contributed by atoms with van der Waals surface area (Å²) >= 11 is 0. The molecule has 264 valence electrons. The van der Waals surface area contributed by atoms with Gasteiger partial charge in [-0.2, -0.15) is 5.26 Å². The summed E-state index contributed by atoms with van der Waals surface area (Å²) in [5, 5.41) is 17.3. The maximum Gasteiger partial charge on any atom is 0.163 e. The van der Waals surface area contributed by atoms with Crippen LogP contribution in [0, 0.1) is 25.2 Å². The van der Waals surface area contributed by atoms with Crippen molar-refractivity contribution in [2.75, 3.05) is 0 Å². The van der Waals surface area contributed by atoms with Crippen LogP contribution in [0.4, 0.5) is 0 Å². The fourth-order valence-electron chi connectivity index (χ4n) is 8.84. The van der Waals surface area contributed by atoms with Gasteiger partial charge in [0.25, 0.3) is 0 Å². The number of aryl methyl sites for hydroxylation is 2. The van der Waals surface area contributed by atoms with Gasteiger partial charge in [0.2, 0.25) is 0 Å². The Morgan fingerprint density at radius 2 is 0.893 bits per heavy atom. The lowest BCUT2D eigenvalue weighted by molar-refractivity contribution is 0.862. The number of rotatable bonds is 5. The molecular formula is C49H33N7. The average Bonchev–Trinajstić information content (AvgIpc) is 3.85. The van der Waals surface area contributed by atoms with Crippen LogP contribution >= 0.6 is 0 Å². The number of para-hydroxylation sites is 4. The first-order valence-electron chi connectivity index (χ1n) is 18.8. The van der Waals surface area contributed by atoms with Crippen LogP contribution in [0.1, 0.15) is 22.8 Å². The lowest BCUT2D eigenvalue weighted by atomic mass is 10.0. The number of fused-ring (bicyclic) bond motifs is 9. The second kappa shape index (κ2) is 12.2. The van der Waals surface area contributed by atoms with Gasteiger partial charge in [0.05, 0.1) is 44.7 Å². The SMILES string of the molecule is Cc1nc(C)nc(-c2ccc(C#N)cc2Cn2c3cc(-n4c5ccccc5c5ccccc54)ccc3c3ccc(-n4c5ccccc5c5ccccc54)cc32)n1. The van der Waals surface area contributed by atoms with E-state index >= 15 is 0 Å². The first kappa shape index (κ1) is 31.9. The van der Waals surface area contributed by atoms with Crippen LogP contribution in [0.3, 0.4) is 0 Å². The minimum Gasteiger partial charge on any atom is -0.336 e. The minimum atomic E-state index is 0.488. The van der Waals surface area contributed by atoms with E-state index in [1.807, 2.05) is 32.0 Å². The fourth-order valence-corrected chi connectivity index (χ4v) is 8.84. The Balaban J connectivity index is 1.21.